The molecule has 1 unspecified atom stereocenters. The van der Waals surface area contributed by atoms with Crippen molar-refractivity contribution >= 4 is 0 Å². The second-order valence-electron chi connectivity index (χ2n) is 3.79. The average molecular weight is 228 g/mol. The SMILES string of the molecule is COCCc1c(CN)nnn1CCC(C)O. The molecular weight excluding hydrogens is 208 g/mol. The van der Waals surface area contributed by atoms with Crippen LogP contribution in [0.25, 0.3) is 0 Å². The van der Waals surface area contributed by atoms with E-state index in [1.165, 1.54) is 0 Å². The number of hydrogen-bond acceptors (Lipinski definition) is 5. The molecule has 0 saturated heterocycles. The molecule has 0 fully saturated rings. The van der Waals surface area contributed by atoms with Gasteiger partial charge in [-0.25, -0.2) is 4.68 Å². The highest BCUT2D eigenvalue weighted by Crippen LogP contribution is 2.07. The summed E-state index contributed by atoms with van der Waals surface area (Å²) in [5.41, 5.74) is 7.40. The standard InChI is InChI=1S/C10H20N4O2/c1-8(15)3-5-14-10(4-6-16-2)9(7-11)12-13-14/h8,15H,3-7,11H2,1-2H3. The molecule has 0 aliphatic carbocycles. The van der Waals surface area contributed by atoms with Crippen LogP contribution in [0.4, 0.5) is 0 Å². The zero-order valence-corrected chi connectivity index (χ0v) is 9.89. The van der Waals surface area contributed by atoms with Gasteiger partial charge in [0.1, 0.15) is 0 Å². The fraction of sp³-hybridized carbons (Fsp3) is 0.800. The maximum Gasteiger partial charge on any atom is 0.0995 e. The first-order valence-corrected chi connectivity index (χ1v) is 5.47. The summed E-state index contributed by atoms with van der Waals surface area (Å²) in [6, 6.07) is 0. The summed E-state index contributed by atoms with van der Waals surface area (Å²) in [5, 5.41) is 17.3. The van der Waals surface area contributed by atoms with E-state index in [1.807, 2.05) is 0 Å². The van der Waals surface area contributed by atoms with Gasteiger partial charge in [-0.3, -0.25) is 0 Å². The summed E-state index contributed by atoms with van der Waals surface area (Å²) in [6.45, 7) is 3.42. The van der Waals surface area contributed by atoms with Gasteiger partial charge in [0.25, 0.3) is 0 Å². The van der Waals surface area contributed by atoms with Crippen molar-refractivity contribution < 1.29 is 9.84 Å². The fourth-order valence-electron chi connectivity index (χ4n) is 1.49. The third-order valence-corrected chi connectivity index (χ3v) is 2.41. The Bertz CT molecular complexity index is 312. The first-order chi connectivity index (χ1) is 7.69. The normalized spacial score (nSPS) is 13.0. The van der Waals surface area contributed by atoms with Crippen LogP contribution in [-0.2, 0) is 24.2 Å². The molecule has 0 aromatic carbocycles. The van der Waals surface area contributed by atoms with E-state index in [4.69, 9.17) is 10.5 Å². The van der Waals surface area contributed by atoms with Gasteiger partial charge in [-0.2, -0.15) is 0 Å². The minimum absolute atomic E-state index is 0.333. The molecule has 1 atom stereocenters. The lowest BCUT2D eigenvalue weighted by atomic mass is 10.2. The van der Waals surface area contributed by atoms with E-state index in [0.717, 1.165) is 17.8 Å². The molecular formula is C10H20N4O2. The van der Waals surface area contributed by atoms with Gasteiger partial charge in [0.15, 0.2) is 0 Å². The number of aryl methyl sites for hydroxylation is 1. The van der Waals surface area contributed by atoms with Crippen molar-refractivity contribution in [2.24, 2.45) is 5.73 Å². The molecule has 1 aromatic heterocycles. The molecule has 0 amide bonds. The van der Waals surface area contributed by atoms with Crippen molar-refractivity contribution in [3.8, 4) is 0 Å². The molecule has 3 N–H and O–H groups in total. The quantitative estimate of drug-likeness (QED) is 0.669. The third-order valence-electron chi connectivity index (χ3n) is 2.41. The average Bonchev–Trinajstić information content (AvgIpc) is 2.65. The van der Waals surface area contributed by atoms with Crippen LogP contribution in [0, 0.1) is 0 Å². The number of rotatable bonds is 7. The van der Waals surface area contributed by atoms with Gasteiger partial charge < -0.3 is 15.6 Å². The van der Waals surface area contributed by atoms with Crippen LogP contribution in [0.1, 0.15) is 24.7 Å². The van der Waals surface area contributed by atoms with Crippen molar-refractivity contribution in [2.75, 3.05) is 13.7 Å². The van der Waals surface area contributed by atoms with Crippen LogP contribution < -0.4 is 5.73 Å². The number of ether oxygens (including phenoxy) is 1. The van der Waals surface area contributed by atoms with Gasteiger partial charge in [0, 0.05) is 26.6 Å². The summed E-state index contributed by atoms with van der Waals surface area (Å²) < 4.78 is 6.84. The van der Waals surface area contributed by atoms with E-state index in [-0.39, 0.29) is 6.10 Å². The van der Waals surface area contributed by atoms with E-state index in [0.29, 0.717) is 26.1 Å². The Kier molecular flexibility index (Phi) is 5.37. The van der Waals surface area contributed by atoms with Crippen LogP contribution in [0.2, 0.25) is 0 Å². The zero-order valence-electron chi connectivity index (χ0n) is 9.89. The topological polar surface area (TPSA) is 86.2 Å². The van der Waals surface area contributed by atoms with E-state index in [2.05, 4.69) is 10.3 Å². The smallest absolute Gasteiger partial charge is 0.0995 e. The molecule has 6 heteroatoms. The second kappa shape index (κ2) is 6.57. The van der Waals surface area contributed by atoms with Crippen molar-refractivity contribution in [3.63, 3.8) is 0 Å². The zero-order chi connectivity index (χ0) is 12.0. The number of nitrogens with two attached hydrogens (primary N) is 1. The second-order valence-corrected chi connectivity index (χ2v) is 3.79. The molecule has 0 aliphatic heterocycles. The highest BCUT2D eigenvalue weighted by molar-refractivity contribution is 5.10. The highest BCUT2D eigenvalue weighted by Gasteiger charge is 2.11. The summed E-state index contributed by atoms with van der Waals surface area (Å²) >= 11 is 0. The van der Waals surface area contributed by atoms with Crippen LogP contribution in [0.3, 0.4) is 0 Å². The van der Waals surface area contributed by atoms with E-state index < -0.39 is 0 Å². The van der Waals surface area contributed by atoms with Gasteiger partial charge in [-0.05, 0) is 13.3 Å². The van der Waals surface area contributed by atoms with Gasteiger partial charge >= 0.3 is 0 Å². The Labute approximate surface area is 95.4 Å². The molecule has 0 radical (unpaired) electrons. The summed E-state index contributed by atoms with van der Waals surface area (Å²) in [4.78, 5) is 0. The Morgan fingerprint density at radius 3 is 2.88 bits per heavy atom. The predicted octanol–water partition coefficient (Wildman–Crippen LogP) is -0.303. The summed E-state index contributed by atoms with van der Waals surface area (Å²) in [5.74, 6) is 0. The maximum atomic E-state index is 9.23. The van der Waals surface area contributed by atoms with Gasteiger partial charge in [-0.1, -0.05) is 5.21 Å². The first kappa shape index (κ1) is 13.1. The van der Waals surface area contributed by atoms with E-state index in [1.54, 1.807) is 18.7 Å². The number of nitrogens with zero attached hydrogens (tertiary/aromatic N) is 3. The molecule has 0 saturated carbocycles. The summed E-state index contributed by atoms with van der Waals surface area (Å²) in [6.07, 6.45) is 1.07. The molecule has 0 aliphatic rings. The lowest BCUT2D eigenvalue weighted by Gasteiger charge is -2.08. The maximum absolute atomic E-state index is 9.23. The number of aliphatic hydroxyl groups is 1. The fourth-order valence-corrected chi connectivity index (χ4v) is 1.49. The number of aliphatic hydroxyl groups excluding tert-OH is 1. The van der Waals surface area contributed by atoms with Crippen LogP contribution >= 0.6 is 0 Å². The monoisotopic (exact) mass is 228 g/mol. The Hall–Kier alpha value is -0.980. The molecule has 1 rings (SSSR count). The Morgan fingerprint density at radius 1 is 1.56 bits per heavy atom. The minimum Gasteiger partial charge on any atom is -0.393 e. The van der Waals surface area contributed by atoms with Crippen LogP contribution in [0.5, 0.6) is 0 Å². The molecule has 0 bridgehead atoms. The lowest BCUT2D eigenvalue weighted by Crippen LogP contribution is -2.13. The Morgan fingerprint density at radius 2 is 2.31 bits per heavy atom. The van der Waals surface area contributed by atoms with Crippen LogP contribution in [-0.4, -0.2) is 39.9 Å². The summed E-state index contributed by atoms with van der Waals surface area (Å²) in [7, 11) is 1.66. The largest absolute Gasteiger partial charge is 0.393 e. The third kappa shape index (κ3) is 3.55. The van der Waals surface area contributed by atoms with Gasteiger partial charge in [0.05, 0.1) is 24.1 Å². The highest BCUT2D eigenvalue weighted by atomic mass is 16.5. The Balaban J connectivity index is 2.70. The molecule has 1 heterocycles. The predicted molar refractivity (Wildman–Crippen MR) is 59.8 cm³/mol. The van der Waals surface area contributed by atoms with Crippen molar-refractivity contribution in [3.05, 3.63) is 11.4 Å². The number of aromatic nitrogens is 3. The minimum atomic E-state index is -0.333. The first-order valence-electron chi connectivity index (χ1n) is 5.47. The lowest BCUT2D eigenvalue weighted by molar-refractivity contribution is 0.174. The van der Waals surface area contributed by atoms with E-state index in [9.17, 15) is 5.11 Å². The van der Waals surface area contributed by atoms with Crippen LogP contribution in [0.15, 0.2) is 0 Å². The van der Waals surface area contributed by atoms with Crippen molar-refractivity contribution in [1.82, 2.24) is 15.0 Å². The van der Waals surface area contributed by atoms with Crippen molar-refractivity contribution in [1.29, 1.82) is 0 Å². The van der Waals surface area contributed by atoms with Gasteiger partial charge in [0.2, 0.25) is 0 Å². The van der Waals surface area contributed by atoms with E-state index >= 15 is 0 Å². The molecule has 0 spiro atoms. The van der Waals surface area contributed by atoms with Crippen molar-refractivity contribution in [2.45, 2.75) is 39.0 Å². The molecule has 92 valence electrons. The molecule has 6 nitrogen and oxygen atoms in total. The molecule has 16 heavy (non-hydrogen) atoms. The molecule has 1 aromatic rings. The number of hydrogen-bond donors (Lipinski definition) is 2. The number of methoxy groups -OCH3 is 1. The van der Waals surface area contributed by atoms with Gasteiger partial charge in [-0.15, -0.1) is 5.10 Å².